The van der Waals surface area contributed by atoms with Crippen LogP contribution < -0.4 is 20.5 Å². The second-order valence-electron chi connectivity index (χ2n) is 8.70. The number of nitrogens with one attached hydrogen (secondary N) is 2. The number of aromatic nitrogens is 2. The van der Waals surface area contributed by atoms with Crippen LogP contribution in [0.4, 0.5) is 0 Å². The van der Waals surface area contributed by atoms with E-state index in [-0.39, 0.29) is 11.5 Å². The van der Waals surface area contributed by atoms with Gasteiger partial charge in [0.1, 0.15) is 17.2 Å². The van der Waals surface area contributed by atoms with Crippen molar-refractivity contribution in [1.82, 2.24) is 15.4 Å². The van der Waals surface area contributed by atoms with Crippen LogP contribution in [-0.4, -0.2) is 34.3 Å². The monoisotopic (exact) mass is 487 g/mol. The molecule has 1 amide bonds. The Balaban J connectivity index is 1.34. The number of hydrogen-bond donors (Lipinski definition) is 3. The van der Waals surface area contributed by atoms with E-state index in [4.69, 9.17) is 14.7 Å². The van der Waals surface area contributed by atoms with E-state index in [0.29, 0.717) is 30.2 Å². The topological polar surface area (TPSA) is 114 Å². The zero-order valence-electron chi connectivity index (χ0n) is 20.3. The first-order chi connectivity index (χ1) is 17.5. The van der Waals surface area contributed by atoms with Gasteiger partial charge in [0.15, 0.2) is 0 Å². The summed E-state index contributed by atoms with van der Waals surface area (Å²) in [4.78, 5) is 31.1. The molecule has 8 heteroatoms. The quantitative estimate of drug-likeness (QED) is 0.0958. The van der Waals surface area contributed by atoms with Gasteiger partial charge in [-0.05, 0) is 36.6 Å². The number of benzene rings is 3. The van der Waals surface area contributed by atoms with Gasteiger partial charge < -0.3 is 14.5 Å². The summed E-state index contributed by atoms with van der Waals surface area (Å²) in [7, 11) is 0. The Bertz CT molecular complexity index is 1440. The molecule has 0 saturated heterocycles. The number of aromatic amines is 1. The minimum Gasteiger partial charge on any atom is -0.494 e. The minimum absolute atomic E-state index is 0.0323. The highest BCUT2D eigenvalue weighted by Gasteiger charge is 2.14. The molecule has 36 heavy (non-hydrogen) atoms. The van der Waals surface area contributed by atoms with Crippen LogP contribution in [0.5, 0.6) is 11.5 Å². The Labute approximate surface area is 208 Å². The molecular formula is C28H29N3O5. The molecule has 0 unspecified atom stereocenters. The molecule has 0 aliphatic rings. The standard InChI is InChI=1S/C28H29N3O5/c1-18(2)26-28(33)29-23-17-24(21-7-3-4-8-22(21)27(23)30-26)36-16-6-5-15-35-20-12-9-19(10-13-20)11-14-25(32)31-34/h3-4,7-14,17-18,34H,5-6,15-16H2,1-2H3,(H,29,33)(H,31,32)/b14-11+. The van der Waals surface area contributed by atoms with E-state index in [9.17, 15) is 9.59 Å². The summed E-state index contributed by atoms with van der Waals surface area (Å²) in [6.45, 7) is 4.97. The number of fused-ring (bicyclic) bond motifs is 3. The number of nitrogens with zero attached hydrogens (tertiary/aromatic N) is 1. The molecule has 186 valence electrons. The van der Waals surface area contributed by atoms with E-state index >= 15 is 0 Å². The third-order valence-electron chi connectivity index (χ3n) is 5.72. The lowest BCUT2D eigenvalue weighted by Crippen LogP contribution is -2.16. The predicted octanol–water partition coefficient (Wildman–Crippen LogP) is 4.96. The molecule has 0 aliphatic heterocycles. The molecule has 0 spiro atoms. The zero-order valence-corrected chi connectivity index (χ0v) is 20.3. The molecule has 0 bridgehead atoms. The van der Waals surface area contributed by atoms with Crippen molar-refractivity contribution in [1.29, 1.82) is 0 Å². The molecule has 4 aromatic rings. The molecule has 3 N–H and O–H groups in total. The molecule has 8 nitrogen and oxygen atoms in total. The van der Waals surface area contributed by atoms with Gasteiger partial charge in [-0.15, -0.1) is 0 Å². The molecule has 4 rings (SSSR count). The molecule has 0 fully saturated rings. The molecule has 0 atom stereocenters. The number of carbonyl (C=O) groups is 1. The van der Waals surface area contributed by atoms with Crippen LogP contribution >= 0.6 is 0 Å². The van der Waals surface area contributed by atoms with Gasteiger partial charge in [-0.25, -0.2) is 10.5 Å². The van der Waals surface area contributed by atoms with Gasteiger partial charge in [0.25, 0.3) is 11.5 Å². The Morgan fingerprint density at radius 2 is 1.75 bits per heavy atom. The first-order valence-corrected chi connectivity index (χ1v) is 11.9. The number of H-pyrrole nitrogens is 1. The summed E-state index contributed by atoms with van der Waals surface area (Å²) >= 11 is 0. The lowest BCUT2D eigenvalue weighted by Gasteiger charge is -2.13. The van der Waals surface area contributed by atoms with Crippen molar-refractivity contribution < 1.29 is 19.5 Å². The number of amides is 1. The number of hydrogen-bond acceptors (Lipinski definition) is 6. The Hall–Kier alpha value is -4.17. The zero-order chi connectivity index (χ0) is 25.5. The molecule has 3 aromatic carbocycles. The van der Waals surface area contributed by atoms with Gasteiger partial charge in [-0.3, -0.25) is 14.8 Å². The van der Waals surface area contributed by atoms with Crippen LogP contribution in [0.15, 0.2) is 65.5 Å². The number of ether oxygens (including phenoxy) is 2. The molecule has 0 saturated carbocycles. The van der Waals surface area contributed by atoms with Crippen LogP contribution in [0, 0.1) is 0 Å². The van der Waals surface area contributed by atoms with Crippen molar-refractivity contribution >= 4 is 33.8 Å². The second-order valence-corrected chi connectivity index (χ2v) is 8.70. The normalized spacial score (nSPS) is 11.4. The minimum atomic E-state index is -0.584. The first kappa shape index (κ1) is 24.9. The van der Waals surface area contributed by atoms with Gasteiger partial charge in [0, 0.05) is 28.8 Å². The van der Waals surface area contributed by atoms with E-state index in [1.807, 2.05) is 68.4 Å². The van der Waals surface area contributed by atoms with E-state index in [1.54, 1.807) is 11.6 Å². The summed E-state index contributed by atoms with van der Waals surface area (Å²) in [5.74, 6) is 0.897. The second kappa shape index (κ2) is 11.5. The third-order valence-corrected chi connectivity index (χ3v) is 5.72. The van der Waals surface area contributed by atoms with Crippen molar-refractivity contribution in [3.63, 3.8) is 0 Å². The fraction of sp³-hybridized carbons (Fsp3) is 0.250. The van der Waals surface area contributed by atoms with Gasteiger partial charge in [0.05, 0.1) is 24.2 Å². The van der Waals surface area contributed by atoms with Gasteiger partial charge in [0.2, 0.25) is 0 Å². The van der Waals surface area contributed by atoms with Crippen molar-refractivity contribution in [3.05, 3.63) is 82.3 Å². The smallest absolute Gasteiger partial charge is 0.270 e. The van der Waals surface area contributed by atoms with Crippen molar-refractivity contribution in [2.75, 3.05) is 13.2 Å². The van der Waals surface area contributed by atoms with Crippen LogP contribution in [0.1, 0.15) is 43.9 Å². The van der Waals surface area contributed by atoms with Gasteiger partial charge in [-0.2, -0.15) is 0 Å². The Morgan fingerprint density at radius 1 is 1.06 bits per heavy atom. The number of hydroxylamine groups is 1. The maximum absolute atomic E-state index is 12.5. The highest BCUT2D eigenvalue weighted by atomic mass is 16.5. The number of carbonyl (C=O) groups excluding carboxylic acids is 1. The average molecular weight is 488 g/mol. The highest BCUT2D eigenvalue weighted by Crippen LogP contribution is 2.32. The van der Waals surface area contributed by atoms with Crippen molar-refractivity contribution in [2.24, 2.45) is 0 Å². The molecule has 0 aliphatic carbocycles. The SMILES string of the molecule is CC(C)c1nc2c(cc(OCCCCOc3ccc(/C=C/C(=O)NO)cc3)c3ccccc32)[nH]c1=O. The molecule has 0 radical (unpaired) electrons. The molecule has 1 aromatic heterocycles. The van der Waals surface area contributed by atoms with Crippen molar-refractivity contribution in [2.45, 2.75) is 32.6 Å². The summed E-state index contributed by atoms with van der Waals surface area (Å²) < 4.78 is 11.9. The number of rotatable bonds is 10. The van der Waals surface area contributed by atoms with E-state index < -0.39 is 5.91 Å². The van der Waals surface area contributed by atoms with E-state index in [0.717, 1.165) is 40.4 Å². The Kier molecular flexibility index (Phi) is 7.97. The van der Waals surface area contributed by atoms with Crippen LogP contribution in [0.2, 0.25) is 0 Å². The first-order valence-electron chi connectivity index (χ1n) is 11.9. The third kappa shape index (κ3) is 5.90. The van der Waals surface area contributed by atoms with E-state index in [1.165, 1.54) is 6.08 Å². The average Bonchev–Trinajstić information content (AvgIpc) is 2.89. The fourth-order valence-electron chi connectivity index (χ4n) is 3.87. The van der Waals surface area contributed by atoms with Crippen LogP contribution in [0.3, 0.4) is 0 Å². The van der Waals surface area contributed by atoms with Crippen molar-refractivity contribution in [3.8, 4) is 11.5 Å². The van der Waals surface area contributed by atoms with E-state index in [2.05, 4.69) is 9.97 Å². The largest absolute Gasteiger partial charge is 0.494 e. The molecular weight excluding hydrogens is 458 g/mol. The molecule has 1 heterocycles. The lowest BCUT2D eigenvalue weighted by molar-refractivity contribution is -0.124. The summed E-state index contributed by atoms with van der Waals surface area (Å²) in [5.41, 5.74) is 4.16. The van der Waals surface area contributed by atoms with Crippen LogP contribution in [-0.2, 0) is 4.79 Å². The van der Waals surface area contributed by atoms with Crippen LogP contribution in [0.25, 0.3) is 27.9 Å². The summed E-state index contributed by atoms with van der Waals surface area (Å²) in [5, 5.41) is 10.4. The summed E-state index contributed by atoms with van der Waals surface area (Å²) in [6.07, 6.45) is 4.44. The predicted molar refractivity (Wildman–Crippen MR) is 140 cm³/mol. The number of unbranched alkanes of at least 4 members (excludes halogenated alkanes) is 1. The maximum Gasteiger partial charge on any atom is 0.270 e. The maximum atomic E-state index is 12.5. The van der Waals surface area contributed by atoms with Gasteiger partial charge >= 0.3 is 0 Å². The summed E-state index contributed by atoms with van der Waals surface area (Å²) in [6, 6.07) is 17.1. The van der Waals surface area contributed by atoms with Gasteiger partial charge in [-0.1, -0.05) is 50.2 Å². The lowest BCUT2D eigenvalue weighted by atomic mass is 10.1. The highest BCUT2D eigenvalue weighted by molar-refractivity contribution is 6.07. The fourth-order valence-corrected chi connectivity index (χ4v) is 3.87. The Morgan fingerprint density at radius 3 is 2.44 bits per heavy atom.